The summed E-state index contributed by atoms with van der Waals surface area (Å²) >= 11 is 0. The highest BCUT2D eigenvalue weighted by atomic mass is 16.5. The molecule has 172 valence electrons. The number of carboxylic acids is 1. The molecule has 0 aromatic heterocycles. The molecule has 0 heterocycles. The van der Waals surface area contributed by atoms with Crippen LogP contribution in [-0.4, -0.2) is 41.8 Å². The van der Waals surface area contributed by atoms with E-state index < -0.39 is 24.0 Å². The highest BCUT2D eigenvalue weighted by Crippen LogP contribution is 2.44. The summed E-state index contributed by atoms with van der Waals surface area (Å²) < 4.78 is 5.54. The van der Waals surface area contributed by atoms with Gasteiger partial charge in [0, 0.05) is 12.0 Å². The van der Waals surface area contributed by atoms with Gasteiger partial charge in [0.1, 0.15) is 12.6 Å². The van der Waals surface area contributed by atoms with Gasteiger partial charge in [-0.25, -0.2) is 4.79 Å². The van der Waals surface area contributed by atoms with E-state index in [4.69, 9.17) is 4.74 Å². The summed E-state index contributed by atoms with van der Waals surface area (Å²) in [6, 6.07) is 15.0. The van der Waals surface area contributed by atoms with E-state index in [2.05, 4.69) is 22.8 Å². The average molecular weight is 449 g/mol. The van der Waals surface area contributed by atoms with E-state index >= 15 is 0 Å². The zero-order valence-corrected chi connectivity index (χ0v) is 18.5. The first-order valence-electron chi connectivity index (χ1n) is 11.3. The van der Waals surface area contributed by atoms with Crippen LogP contribution < -0.4 is 10.6 Å². The van der Waals surface area contributed by atoms with E-state index in [-0.39, 0.29) is 24.5 Å². The van der Waals surface area contributed by atoms with Crippen molar-refractivity contribution in [1.82, 2.24) is 10.6 Å². The van der Waals surface area contributed by atoms with Crippen molar-refractivity contribution < 1.29 is 24.2 Å². The van der Waals surface area contributed by atoms with Crippen LogP contribution in [0.25, 0.3) is 11.1 Å². The molecule has 2 amide bonds. The van der Waals surface area contributed by atoms with Crippen molar-refractivity contribution in [1.29, 1.82) is 0 Å². The average Bonchev–Trinajstić information content (AvgIpc) is 3.15. The molecular weight excluding hydrogens is 420 g/mol. The number of carbonyl (C=O) groups is 3. The Balaban J connectivity index is 1.34. The number of nitrogens with one attached hydrogen (secondary N) is 2. The lowest BCUT2D eigenvalue weighted by molar-refractivity contribution is -0.142. The van der Waals surface area contributed by atoms with Gasteiger partial charge in [0.15, 0.2) is 0 Å². The predicted octanol–water partition coefficient (Wildman–Crippen LogP) is 3.84. The van der Waals surface area contributed by atoms with Crippen LogP contribution in [0.15, 0.2) is 60.7 Å². The Kier molecular flexibility index (Phi) is 6.77. The number of hydrogen-bond acceptors (Lipinski definition) is 4. The largest absolute Gasteiger partial charge is 0.481 e. The Morgan fingerprint density at radius 1 is 1.06 bits per heavy atom. The number of fused-ring (bicyclic) bond motifs is 3. The van der Waals surface area contributed by atoms with E-state index in [0.717, 1.165) is 22.3 Å². The molecule has 7 nitrogen and oxygen atoms in total. The second-order valence-corrected chi connectivity index (χ2v) is 8.48. The second-order valence-electron chi connectivity index (χ2n) is 8.48. The van der Waals surface area contributed by atoms with E-state index in [1.807, 2.05) is 36.4 Å². The van der Waals surface area contributed by atoms with Gasteiger partial charge < -0.3 is 20.5 Å². The van der Waals surface area contributed by atoms with Crippen LogP contribution in [0.5, 0.6) is 0 Å². The van der Waals surface area contributed by atoms with Crippen molar-refractivity contribution in [2.75, 3.05) is 6.61 Å². The lowest BCUT2D eigenvalue weighted by Gasteiger charge is -2.25. The maximum absolute atomic E-state index is 12.7. The van der Waals surface area contributed by atoms with Crippen LogP contribution in [-0.2, 0) is 14.3 Å². The van der Waals surface area contributed by atoms with E-state index in [1.54, 1.807) is 19.1 Å². The number of aliphatic carboxylic acids is 1. The van der Waals surface area contributed by atoms with E-state index in [0.29, 0.717) is 19.3 Å². The minimum atomic E-state index is -0.873. The van der Waals surface area contributed by atoms with Gasteiger partial charge in [0.2, 0.25) is 5.91 Å². The smallest absolute Gasteiger partial charge is 0.407 e. The summed E-state index contributed by atoms with van der Waals surface area (Å²) in [7, 11) is 0. The minimum Gasteiger partial charge on any atom is -0.481 e. The summed E-state index contributed by atoms with van der Waals surface area (Å²) in [5.41, 5.74) is 4.53. The first-order chi connectivity index (χ1) is 16.0. The number of alkyl carbamates (subject to hydrolysis) is 1. The van der Waals surface area contributed by atoms with Crippen molar-refractivity contribution in [2.24, 2.45) is 5.92 Å². The lowest BCUT2D eigenvalue weighted by Crippen LogP contribution is -2.50. The number of ether oxygens (including phenoxy) is 1. The predicted molar refractivity (Wildman–Crippen MR) is 124 cm³/mol. The maximum atomic E-state index is 12.7. The minimum absolute atomic E-state index is 0.0580. The molecule has 0 saturated carbocycles. The maximum Gasteiger partial charge on any atom is 0.407 e. The Bertz CT molecular complexity index is 1030. The molecule has 2 aromatic carbocycles. The van der Waals surface area contributed by atoms with Gasteiger partial charge in [0.25, 0.3) is 0 Å². The molecule has 2 aliphatic carbocycles. The van der Waals surface area contributed by atoms with Crippen LogP contribution in [0, 0.1) is 5.92 Å². The van der Waals surface area contributed by atoms with Gasteiger partial charge in [0.05, 0.1) is 5.92 Å². The number of carbonyl (C=O) groups excluding carboxylic acids is 2. The van der Waals surface area contributed by atoms with E-state index in [1.165, 1.54) is 0 Å². The highest BCUT2D eigenvalue weighted by molar-refractivity contribution is 5.86. The molecule has 33 heavy (non-hydrogen) atoms. The molecule has 2 aromatic rings. The summed E-state index contributed by atoms with van der Waals surface area (Å²) in [4.78, 5) is 36.4. The van der Waals surface area contributed by atoms with Gasteiger partial charge in [-0.2, -0.15) is 0 Å². The standard InChI is InChI=1S/C26H28N2O5/c1-2-23(24(29)27-17-9-7-8-16(14-17)25(30)31)28-26(32)33-15-22-20-12-5-3-10-18(20)19-11-4-6-13-21(19)22/h3-7,9-13,16-17,22-23H,2,8,14-15H2,1H3,(H,27,29)(H,28,32)(H,30,31)/t16-,17-,23-/m0/s1. The van der Waals surface area contributed by atoms with Gasteiger partial charge in [-0.1, -0.05) is 67.6 Å². The fourth-order valence-electron chi connectivity index (χ4n) is 4.62. The molecule has 3 atom stereocenters. The Morgan fingerprint density at radius 3 is 2.30 bits per heavy atom. The summed E-state index contributed by atoms with van der Waals surface area (Å²) in [6.07, 6.45) is 4.09. The van der Waals surface area contributed by atoms with Crippen molar-refractivity contribution >= 4 is 18.0 Å². The highest BCUT2D eigenvalue weighted by Gasteiger charge is 2.30. The molecular formula is C26H28N2O5. The normalized spacial score (nSPS) is 19.8. The number of allylic oxidation sites excluding steroid dienone is 1. The molecule has 0 saturated heterocycles. The fraction of sp³-hybridized carbons (Fsp3) is 0.346. The van der Waals surface area contributed by atoms with Crippen LogP contribution in [0.4, 0.5) is 4.79 Å². The number of rotatable bonds is 7. The van der Waals surface area contributed by atoms with Crippen LogP contribution in [0.1, 0.15) is 43.2 Å². The van der Waals surface area contributed by atoms with Gasteiger partial charge in [-0.15, -0.1) is 0 Å². The van der Waals surface area contributed by atoms with Gasteiger partial charge in [-0.05, 0) is 41.5 Å². The van der Waals surface area contributed by atoms with Crippen molar-refractivity contribution in [3.63, 3.8) is 0 Å². The van der Waals surface area contributed by atoms with Crippen molar-refractivity contribution in [3.8, 4) is 11.1 Å². The quantitative estimate of drug-likeness (QED) is 0.558. The van der Waals surface area contributed by atoms with Crippen LogP contribution in [0.2, 0.25) is 0 Å². The molecule has 0 fully saturated rings. The number of hydrogen-bond donors (Lipinski definition) is 3. The summed E-state index contributed by atoms with van der Waals surface area (Å²) in [5.74, 6) is -1.80. The molecule has 7 heteroatoms. The number of amides is 2. The van der Waals surface area contributed by atoms with Crippen LogP contribution >= 0.6 is 0 Å². The Hall–Kier alpha value is -3.61. The van der Waals surface area contributed by atoms with Crippen LogP contribution in [0.3, 0.4) is 0 Å². The molecule has 4 rings (SSSR count). The van der Waals surface area contributed by atoms with E-state index in [9.17, 15) is 19.5 Å². The first kappa shape index (κ1) is 22.6. The topological polar surface area (TPSA) is 105 Å². The molecule has 0 bridgehead atoms. The van der Waals surface area contributed by atoms with Gasteiger partial charge in [-0.3, -0.25) is 9.59 Å². The summed E-state index contributed by atoms with van der Waals surface area (Å²) in [6.45, 7) is 1.97. The third kappa shape index (κ3) is 4.92. The zero-order valence-electron chi connectivity index (χ0n) is 18.5. The second kappa shape index (κ2) is 9.90. The molecule has 2 aliphatic rings. The van der Waals surface area contributed by atoms with Crippen molar-refractivity contribution in [2.45, 2.75) is 44.2 Å². The third-order valence-electron chi connectivity index (χ3n) is 6.36. The molecule has 3 N–H and O–H groups in total. The molecule has 0 spiro atoms. The Morgan fingerprint density at radius 2 is 1.70 bits per heavy atom. The first-order valence-corrected chi connectivity index (χ1v) is 11.3. The Labute approximate surface area is 192 Å². The monoisotopic (exact) mass is 448 g/mol. The fourth-order valence-corrected chi connectivity index (χ4v) is 4.62. The molecule has 0 unspecified atom stereocenters. The van der Waals surface area contributed by atoms with Crippen molar-refractivity contribution in [3.05, 3.63) is 71.8 Å². The van der Waals surface area contributed by atoms with Gasteiger partial charge >= 0.3 is 12.1 Å². The number of benzene rings is 2. The SMILES string of the molecule is CC[C@H](NC(=O)OCC1c2ccccc2-c2ccccc21)C(=O)N[C@H]1C=CC[C@H](C(=O)O)C1. The molecule has 0 aliphatic heterocycles. The lowest BCUT2D eigenvalue weighted by atomic mass is 9.91. The third-order valence-corrected chi connectivity index (χ3v) is 6.36. The molecule has 0 radical (unpaired) electrons. The zero-order chi connectivity index (χ0) is 23.4. The number of carboxylic acid groups (broad SMARTS) is 1. The summed E-state index contributed by atoms with van der Waals surface area (Å²) in [5, 5.41) is 14.7.